The first-order valence-electron chi connectivity index (χ1n) is 9.34. The van der Waals surface area contributed by atoms with Crippen molar-refractivity contribution in [3.05, 3.63) is 46.5 Å². The third-order valence-corrected chi connectivity index (χ3v) is 5.18. The quantitative estimate of drug-likeness (QED) is 0.773. The highest BCUT2D eigenvalue weighted by Crippen LogP contribution is 2.29. The Morgan fingerprint density at radius 3 is 2.74 bits per heavy atom. The molecule has 0 spiro atoms. The lowest BCUT2D eigenvalue weighted by atomic mass is 9.95. The van der Waals surface area contributed by atoms with Gasteiger partial charge in [-0.25, -0.2) is 14.8 Å². The van der Waals surface area contributed by atoms with Crippen molar-refractivity contribution in [3.63, 3.8) is 0 Å². The van der Waals surface area contributed by atoms with Gasteiger partial charge >= 0.3 is 5.69 Å². The number of amides is 1. The predicted octanol–water partition coefficient (Wildman–Crippen LogP) is 2.99. The number of hydrogen-bond donors (Lipinski definition) is 1. The molecule has 140 valence electrons. The molecule has 3 aromatic rings. The number of rotatable bonds is 3. The van der Waals surface area contributed by atoms with E-state index in [9.17, 15) is 9.59 Å². The first kappa shape index (κ1) is 17.5. The number of nitrogens with one attached hydrogen (secondary N) is 1. The van der Waals surface area contributed by atoms with E-state index in [-0.39, 0.29) is 17.6 Å². The summed E-state index contributed by atoms with van der Waals surface area (Å²) in [5.41, 5.74) is 3.01. The van der Waals surface area contributed by atoms with Crippen molar-refractivity contribution in [1.82, 2.24) is 24.4 Å². The van der Waals surface area contributed by atoms with Gasteiger partial charge in [-0.3, -0.25) is 14.3 Å². The minimum Gasteiger partial charge on any atom is -0.345 e. The second-order valence-corrected chi connectivity index (χ2v) is 7.30. The van der Waals surface area contributed by atoms with Gasteiger partial charge < -0.3 is 4.90 Å². The molecule has 7 heteroatoms. The molecule has 1 fully saturated rings. The van der Waals surface area contributed by atoms with Crippen LogP contribution in [0.25, 0.3) is 22.6 Å². The summed E-state index contributed by atoms with van der Waals surface area (Å²) in [6.45, 7) is 0. The molecule has 0 unspecified atom stereocenters. The van der Waals surface area contributed by atoms with Gasteiger partial charge in [-0.1, -0.05) is 31.4 Å². The lowest BCUT2D eigenvalue weighted by Gasteiger charge is -2.22. The second kappa shape index (κ2) is 6.98. The molecule has 1 N–H and O–H groups in total. The molecule has 0 aliphatic heterocycles. The Balaban J connectivity index is 1.79. The van der Waals surface area contributed by atoms with E-state index < -0.39 is 0 Å². The van der Waals surface area contributed by atoms with Gasteiger partial charge in [0.05, 0.1) is 11.9 Å². The molecular weight excluding hydrogens is 342 g/mol. The molecule has 1 aromatic carbocycles. The summed E-state index contributed by atoms with van der Waals surface area (Å²) in [5.74, 6) is -0.0633. The Hall–Kier alpha value is -2.96. The second-order valence-electron chi connectivity index (χ2n) is 7.30. The molecular formula is C20H23N5O2. The van der Waals surface area contributed by atoms with Gasteiger partial charge in [-0.2, -0.15) is 0 Å². The molecule has 0 saturated heterocycles. The lowest BCUT2D eigenvalue weighted by Crippen LogP contribution is -2.24. The number of nitrogens with zero attached hydrogens (tertiary/aromatic N) is 4. The van der Waals surface area contributed by atoms with E-state index in [4.69, 9.17) is 4.98 Å². The van der Waals surface area contributed by atoms with E-state index >= 15 is 0 Å². The average molecular weight is 365 g/mol. The zero-order chi connectivity index (χ0) is 19.0. The number of fused-ring (bicyclic) bond motifs is 1. The highest BCUT2D eigenvalue weighted by atomic mass is 16.2. The Labute approximate surface area is 157 Å². The Bertz CT molecular complexity index is 1040. The highest BCUT2D eigenvalue weighted by Gasteiger charge is 2.21. The fourth-order valence-corrected chi connectivity index (χ4v) is 3.78. The van der Waals surface area contributed by atoms with Crippen LogP contribution in [-0.2, 0) is 0 Å². The molecule has 27 heavy (non-hydrogen) atoms. The van der Waals surface area contributed by atoms with Crippen LogP contribution in [0.4, 0.5) is 0 Å². The van der Waals surface area contributed by atoms with Crippen molar-refractivity contribution in [3.8, 4) is 11.3 Å². The molecule has 0 radical (unpaired) electrons. The van der Waals surface area contributed by atoms with E-state index in [1.54, 1.807) is 35.8 Å². The Kier molecular flexibility index (Phi) is 4.51. The molecule has 1 aliphatic rings. The van der Waals surface area contributed by atoms with Crippen molar-refractivity contribution in [1.29, 1.82) is 0 Å². The van der Waals surface area contributed by atoms with Crippen LogP contribution in [0.5, 0.6) is 0 Å². The molecule has 7 nitrogen and oxygen atoms in total. The number of carbonyl (C=O) groups excluding carboxylic acids is 1. The normalized spacial score (nSPS) is 15.2. The Morgan fingerprint density at radius 2 is 2.00 bits per heavy atom. The summed E-state index contributed by atoms with van der Waals surface area (Å²) >= 11 is 0. The number of H-pyrrole nitrogens is 1. The number of hydrogen-bond acceptors (Lipinski definition) is 4. The van der Waals surface area contributed by atoms with E-state index in [1.807, 2.05) is 18.2 Å². The van der Waals surface area contributed by atoms with Crippen LogP contribution in [0.15, 0.2) is 35.3 Å². The maximum Gasteiger partial charge on any atom is 0.329 e. The molecule has 1 aliphatic carbocycles. The van der Waals surface area contributed by atoms with Gasteiger partial charge in [0.15, 0.2) is 11.3 Å². The summed E-state index contributed by atoms with van der Waals surface area (Å²) in [6.07, 6.45) is 7.11. The monoisotopic (exact) mass is 365 g/mol. The number of imidazole rings is 1. The molecule has 1 amide bonds. The molecule has 2 heterocycles. The van der Waals surface area contributed by atoms with Gasteiger partial charge in [0.25, 0.3) is 5.91 Å². The Morgan fingerprint density at radius 1 is 1.22 bits per heavy atom. The van der Waals surface area contributed by atoms with Crippen molar-refractivity contribution >= 4 is 17.2 Å². The van der Waals surface area contributed by atoms with Crippen molar-refractivity contribution < 1.29 is 4.79 Å². The fraction of sp³-hybridized carbons (Fsp3) is 0.400. The topological polar surface area (TPSA) is 83.9 Å². The van der Waals surface area contributed by atoms with Crippen molar-refractivity contribution in [2.75, 3.05) is 14.1 Å². The minimum atomic E-state index is -0.148. The molecule has 0 bridgehead atoms. The molecule has 1 saturated carbocycles. The third-order valence-electron chi connectivity index (χ3n) is 5.18. The predicted molar refractivity (Wildman–Crippen MR) is 104 cm³/mol. The first-order valence-corrected chi connectivity index (χ1v) is 9.34. The molecule has 0 atom stereocenters. The van der Waals surface area contributed by atoms with Crippen LogP contribution in [0.1, 0.15) is 48.5 Å². The van der Waals surface area contributed by atoms with Gasteiger partial charge in [-0.05, 0) is 25.0 Å². The molecule has 2 aromatic heterocycles. The zero-order valence-electron chi connectivity index (χ0n) is 15.6. The summed E-state index contributed by atoms with van der Waals surface area (Å²) in [5, 5.41) is 0. The lowest BCUT2D eigenvalue weighted by molar-refractivity contribution is 0.0827. The highest BCUT2D eigenvalue weighted by molar-refractivity contribution is 5.95. The van der Waals surface area contributed by atoms with Crippen molar-refractivity contribution in [2.45, 2.75) is 38.1 Å². The standard InChI is InChI=1S/C20H23N5O2/c1-24(2)19(26)14-8-6-7-13(11-14)16-12-21-17-18(22-16)25(20(27)23-17)15-9-4-3-5-10-15/h6-8,11-12,15H,3-5,9-10H2,1-2H3,(H,21,23,27). The van der Waals surface area contributed by atoms with Gasteiger partial charge in [-0.15, -0.1) is 0 Å². The van der Waals surface area contributed by atoms with Crippen molar-refractivity contribution in [2.24, 2.45) is 0 Å². The van der Waals surface area contributed by atoms with Crippen LogP contribution in [0.3, 0.4) is 0 Å². The number of aromatic amines is 1. The van der Waals surface area contributed by atoms with E-state index in [0.717, 1.165) is 31.2 Å². The van der Waals surface area contributed by atoms with E-state index in [2.05, 4.69) is 9.97 Å². The van der Waals surface area contributed by atoms with Crippen LogP contribution in [-0.4, -0.2) is 44.4 Å². The summed E-state index contributed by atoms with van der Waals surface area (Å²) in [7, 11) is 3.45. The van der Waals surface area contributed by atoms with Crippen LogP contribution < -0.4 is 5.69 Å². The number of benzene rings is 1. The molecule has 4 rings (SSSR count). The van der Waals surface area contributed by atoms with Crippen LogP contribution >= 0.6 is 0 Å². The summed E-state index contributed by atoms with van der Waals surface area (Å²) < 4.78 is 1.76. The van der Waals surface area contributed by atoms with Crippen LogP contribution in [0.2, 0.25) is 0 Å². The van der Waals surface area contributed by atoms with E-state index in [0.29, 0.717) is 22.6 Å². The maximum absolute atomic E-state index is 12.5. The fourth-order valence-electron chi connectivity index (χ4n) is 3.78. The minimum absolute atomic E-state index is 0.0633. The SMILES string of the molecule is CN(C)C(=O)c1cccc(-c2cnc3[nH]c(=O)n(C4CCCCC4)c3n2)c1. The third kappa shape index (κ3) is 3.25. The summed E-state index contributed by atoms with van der Waals surface area (Å²) in [4.78, 5) is 38.2. The zero-order valence-corrected chi connectivity index (χ0v) is 15.6. The van der Waals surface area contributed by atoms with Gasteiger partial charge in [0, 0.05) is 31.3 Å². The van der Waals surface area contributed by atoms with Crippen LogP contribution in [0, 0.1) is 0 Å². The summed E-state index contributed by atoms with van der Waals surface area (Å²) in [6, 6.07) is 7.51. The largest absolute Gasteiger partial charge is 0.345 e. The average Bonchev–Trinajstić information content (AvgIpc) is 3.03. The first-order chi connectivity index (χ1) is 13.0. The number of aromatic nitrogens is 4. The smallest absolute Gasteiger partial charge is 0.329 e. The maximum atomic E-state index is 12.5. The van der Waals surface area contributed by atoms with Gasteiger partial charge in [0.2, 0.25) is 0 Å². The van der Waals surface area contributed by atoms with E-state index in [1.165, 1.54) is 6.42 Å². The van der Waals surface area contributed by atoms with Gasteiger partial charge in [0.1, 0.15) is 0 Å². The number of carbonyl (C=O) groups is 1.